The Bertz CT molecular complexity index is 870. The van der Waals surface area contributed by atoms with Gasteiger partial charge in [0.1, 0.15) is 6.54 Å². The molecule has 25 heavy (non-hydrogen) atoms. The maximum absolute atomic E-state index is 12.1. The lowest BCUT2D eigenvalue weighted by Crippen LogP contribution is -2.30. The Morgan fingerprint density at radius 2 is 2.04 bits per heavy atom. The Kier molecular flexibility index (Phi) is 5.08. The Balaban J connectivity index is 1.54. The SMILES string of the molecule is Cc1csc(=O)n1CC(=O)OCC(=O)N1CCC(c2ccccc2)=N1. The van der Waals surface area contributed by atoms with E-state index in [1.165, 1.54) is 9.58 Å². The Morgan fingerprint density at radius 3 is 2.72 bits per heavy atom. The van der Waals surface area contributed by atoms with E-state index in [0.717, 1.165) is 22.6 Å². The molecule has 2 heterocycles. The number of nitrogens with zero attached hydrogens (tertiary/aromatic N) is 3. The van der Waals surface area contributed by atoms with Crippen molar-refractivity contribution in [3.8, 4) is 0 Å². The van der Waals surface area contributed by atoms with Gasteiger partial charge in [0.25, 0.3) is 5.91 Å². The van der Waals surface area contributed by atoms with Crippen molar-refractivity contribution in [2.24, 2.45) is 5.10 Å². The van der Waals surface area contributed by atoms with Crippen molar-refractivity contribution in [3.63, 3.8) is 0 Å². The number of amides is 1. The molecule has 130 valence electrons. The van der Waals surface area contributed by atoms with E-state index < -0.39 is 5.97 Å². The molecule has 0 radical (unpaired) electrons. The minimum Gasteiger partial charge on any atom is -0.454 e. The first kappa shape index (κ1) is 17.1. The molecule has 1 aliphatic heterocycles. The van der Waals surface area contributed by atoms with Gasteiger partial charge in [-0.15, -0.1) is 0 Å². The first-order valence-corrected chi connectivity index (χ1v) is 8.66. The molecule has 0 saturated heterocycles. The maximum atomic E-state index is 12.1. The number of ether oxygens (including phenoxy) is 1. The second kappa shape index (κ2) is 7.43. The highest BCUT2D eigenvalue weighted by Crippen LogP contribution is 2.13. The number of esters is 1. The highest BCUT2D eigenvalue weighted by atomic mass is 32.1. The topological polar surface area (TPSA) is 81.0 Å². The van der Waals surface area contributed by atoms with Gasteiger partial charge in [0.15, 0.2) is 6.61 Å². The number of hydrogen-bond acceptors (Lipinski definition) is 6. The zero-order valence-corrected chi connectivity index (χ0v) is 14.5. The smallest absolute Gasteiger partial charge is 0.326 e. The predicted molar refractivity (Wildman–Crippen MR) is 93.6 cm³/mol. The Hall–Kier alpha value is -2.74. The van der Waals surface area contributed by atoms with Crippen LogP contribution in [0.1, 0.15) is 17.7 Å². The fourth-order valence-corrected chi connectivity index (χ4v) is 3.19. The van der Waals surface area contributed by atoms with Gasteiger partial charge >= 0.3 is 10.8 Å². The lowest BCUT2D eigenvalue weighted by molar-refractivity contribution is -0.152. The summed E-state index contributed by atoms with van der Waals surface area (Å²) in [5.41, 5.74) is 2.50. The maximum Gasteiger partial charge on any atom is 0.326 e. The minimum atomic E-state index is -0.622. The summed E-state index contributed by atoms with van der Waals surface area (Å²) < 4.78 is 6.30. The first-order chi connectivity index (χ1) is 12.0. The molecule has 3 rings (SSSR count). The van der Waals surface area contributed by atoms with Crippen LogP contribution in [0.5, 0.6) is 0 Å². The summed E-state index contributed by atoms with van der Waals surface area (Å²) in [4.78, 5) is 35.3. The fraction of sp³-hybridized carbons (Fsp3) is 0.294. The predicted octanol–water partition coefficient (Wildman–Crippen LogP) is 1.40. The van der Waals surface area contributed by atoms with Crippen LogP contribution in [-0.2, 0) is 20.9 Å². The summed E-state index contributed by atoms with van der Waals surface area (Å²) in [6, 6.07) is 9.63. The molecular weight excluding hydrogens is 342 g/mol. The summed E-state index contributed by atoms with van der Waals surface area (Å²) in [5.74, 6) is -1.00. The third-order valence-electron chi connectivity index (χ3n) is 3.82. The van der Waals surface area contributed by atoms with E-state index in [4.69, 9.17) is 4.74 Å². The van der Waals surface area contributed by atoms with Gasteiger partial charge in [0.05, 0.1) is 12.3 Å². The van der Waals surface area contributed by atoms with Crippen molar-refractivity contribution in [1.29, 1.82) is 0 Å². The number of thiazole rings is 1. The summed E-state index contributed by atoms with van der Waals surface area (Å²) in [6.07, 6.45) is 0.660. The number of rotatable bonds is 5. The highest BCUT2D eigenvalue weighted by molar-refractivity contribution is 7.07. The van der Waals surface area contributed by atoms with Crippen LogP contribution in [0.25, 0.3) is 0 Å². The zero-order valence-electron chi connectivity index (χ0n) is 13.7. The lowest BCUT2D eigenvalue weighted by Gasteiger charge is -2.11. The molecule has 0 fully saturated rings. The number of carbonyl (C=O) groups excluding carboxylic acids is 2. The molecule has 0 spiro atoms. The molecular formula is C17H17N3O4S. The summed E-state index contributed by atoms with van der Waals surface area (Å²) in [6.45, 7) is 1.62. The van der Waals surface area contributed by atoms with E-state index in [1.807, 2.05) is 30.3 Å². The van der Waals surface area contributed by atoms with Gasteiger partial charge < -0.3 is 4.74 Å². The number of aromatic nitrogens is 1. The number of hydrazone groups is 1. The van der Waals surface area contributed by atoms with Crippen LogP contribution in [0.3, 0.4) is 0 Å². The molecule has 1 aromatic heterocycles. The molecule has 1 aromatic carbocycles. The molecule has 1 amide bonds. The van der Waals surface area contributed by atoms with Gasteiger partial charge in [-0.2, -0.15) is 5.10 Å². The van der Waals surface area contributed by atoms with Crippen molar-refractivity contribution in [3.05, 3.63) is 56.6 Å². The lowest BCUT2D eigenvalue weighted by atomic mass is 10.1. The summed E-state index contributed by atoms with van der Waals surface area (Å²) >= 11 is 1.02. The molecule has 1 aliphatic rings. The van der Waals surface area contributed by atoms with Gasteiger partial charge in [0, 0.05) is 17.5 Å². The summed E-state index contributed by atoms with van der Waals surface area (Å²) in [5, 5.41) is 7.28. The van der Waals surface area contributed by atoms with Crippen LogP contribution in [0.2, 0.25) is 0 Å². The van der Waals surface area contributed by atoms with Crippen LogP contribution in [-0.4, -0.2) is 40.3 Å². The monoisotopic (exact) mass is 359 g/mol. The molecule has 0 saturated carbocycles. The number of benzene rings is 1. The average molecular weight is 359 g/mol. The second-order valence-electron chi connectivity index (χ2n) is 5.57. The van der Waals surface area contributed by atoms with Crippen LogP contribution in [0, 0.1) is 6.92 Å². The fourth-order valence-electron chi connectivity index (χ4n) is 2.46. The normalized spacial score (nSPS) is 13.6. The van der Waals surface area contributed by atoms with Crippen molar-refractivity contribution < 1.29 is 14.3 Å². The number of carbonyl (C=O) groups is 2. The van der Waals surface area contributed by atoms with Crippen molar-refractivity contribution in [2.45, 2.75) is 19.9 Å². The third kappa shape index (κ3) is 4.03. The number of hydrogen-bond donors (Lipinski definition) is 0. The van der Waals surface area contributed by atoms with Gasteiger partial charge in [-0.1, -0.05) is 41.7 Å². The summed E-state index contributed by atoms with van der Waals surface area (Å²) in [7, 11) is 0. The Morgan fingerprint density at radius 1 is 1.28 bits per heavy atom. The van der Waals surface area contributed by atoms with Crippen molar-refractivity contribution in [1.82, 2.24) is 9.58 Å². The van der Waals surface area contributed by atoms with Crippen LogP contribution in [0.4, 0.5) is 0 Å². The quantitative estimate of drug-likeness (QED) is 0.756. The second-order valence-corrected chi connectivity index (χ2v) is 6.39. The van der Waals surface area contributed by atoms with Crippen LogP contribution in [0.15, 0.2) is 45.6 Å². The van der Waals surface area contributed by atoms with Gasteiger partial charge in [0.2, 0.25) is 0 Å². The van der Waals surface area contributed by atoms with E-state index in [9.17, 15) is 14.4 Å². The molecule has 7 nitrogen and oxygen atoms in total. The average Bonchev–Trinajstić information content (AvgIpc) is 3.23. The molecule has 0 aliphatic carbocycles. The van der Waals surface area contributed by atoms with E-state index in [1.54, 1.807) is 12.3 Å². The van der Waals surface area contributed by atoms with Gasteiger partial charge in [-0.3, -0.25) is 19.0 Å². The molecule has 0 N–H and O–H groups in total. The molecule has 8 heteroatoms. The number of aryl methyl sites for hydroxylation is 1. The first-order valence-electron chi connectivity index (χ1n) is 7.78. The Labute approximate surface area is 148 Å². The van der Waals surface area contributed by atoms with E-state index in [0.29, 0.717) is 18.7 Å². The zero-order chi connectivity index (χ0) is 17.8. The third-order valence-corrected chi connectivity index (χ3v) is 4.70. The minimum absolute atomic E-state index is 0.194. The van der Waals surface area contributed by atoms with Crippen molar-refractivity contribution >= 4 is 28.9 Å². The molecule has 0 bridgehead atoms. The molecule has 2 aromatic rings. The van der Waals surface area contributed by atoms with E-state index in [-0.39, 0.29) is 23.9 Å². The van der Waals surface area contributed by atoms with Crippen molar-refractivity contribution in [2.75, 3.05) is 13.2 Å². The molecule has 0 atom stereocenters. The van der Waals surface area contributed by atoms with Gasteiger partial charge in [-0.05, 0) is 12.5 Å². The molecule has 0 unspecified atom stereocenters. The van der Waals surface area contributed by atoms with Crippen LogP contribution >= 0.6 is 11.3 Å². The largest absolute Gasteiger partial charge is 0.454 e. The van der Waals surface area contributed by atoms with E-state index in [2.05, 4.69) is 5.10 Å². The van der Waals surface area contributed by atoms with Crippen LogP contribution < -0.4 is 4.87 Å². The van der Waals surface area contributed by atoms with Gasteiger partial charge in [-0.25, -0.2) is 5.01 Å². The van der Waals surface area contributed by atoms with E-state index >= 15 is 0 Å². The standard InChI is InChI=1S/C17H17N3O4S/c1-12-11-25-17(23)19(12)9-16(22)24-10-15(21)20-8-7-14(18-20)13-5-3-2-4-6-13/h2-6,11H,7-10H2,1H3. The highest BCUT2D eigenvalue weighted by Gasteiger charge is 2.22.